The Bertz CT molecular complexity index is 2260. The lowest BCUT2D eigenvalue weighted by molar-refractivity contribution is -0.274. The maximum atomic E-state index is 14.0. The second-order valence-electron chi connectivity index (χ2n) is 10.5. The SMILES string of the molecule is O=C(NCc1ccc(OC(F)(F)F)cc1)c1cc2ccccc2c(Cl)c1NC(=O)c1cc(Cn2nnc(C(F)(F)F)n2)nn1-c1ncccc1Cl. The fourth-order valence-electron chi connectivity index (χ4n) is 4.80. The van der Waals surface area contributed by atoms with Crippen molar-refractivity contribution < 1.29 is 40.7 Å². The van der Waals surface area contributed by atoms with Crippen LogP contribution in [0.15, 0.2) is 79.0 Å². The van der Waals surface area contributed by atoms with Crippen LogP contribution in [-0.2, 0) is 19.3 Å². The Morgan fingerprint density at radius 3 is 2.31 bits per heavy atom. The molecule has 2 amide bonds. The van der Waals surface area contributed by atoms with E-state index in [2.05, 4.69) is 40.9 Å². The van der Waals surface area contributed by atoms with Crippen LogP contribution in [0.5, 0.6) is 5.75 Å². The fraction of sp³-hybridized carbons (Fsp3) is 0.129. The third kappa shape index (κ3) is 8.02. The van der Waals surface area contributed by atoms with E-state index in [1.807, 2.05) is 0 Å². The van der Waals surface area contributed by atoms with Gasteiger partial charge in [-0.2, -0.15) is 23.1 Å². The topological polar surface area (TPSA) is 142 Å². The number of halogens is 8. The quantitative estimate of drug-likeness (QED) is 0.153. The van der Waals surface area contributed by atoms with E-state index in [4.69, 9.17) is 23.2 Å². The number of nitrogens with zero attached hydrogens (tertiary/aromatic N) is 7. The minimum Gasteiger partial charge on any atom is -0.406 e. The van der Waals surface area contributed by atoms with Gasteiger partial charge in [-0.1, -0.05) is 59.6 Å². The molecule has 0 spiro atoms. The number of carbonyl (C=O) groups is 2. The van der Waals surface area contributed by atoms with Crippen LogP contribution >= 0.6 is 23.2 Å². The zero-order valence-corrected chi connectivity index (χ0v) is 26.8. The molecule has 20 heteroatoms. The average molecular weight is 750 g/mol. The van der Waals surface area contributed by atoms with Gasteiger partial charge in [0.2, 0.25) is 0 Å². The summed E-state index contributed by atoms with van der Waals surface area (Å²) in [7, 11) is 0. The number of nitrogens with one attached hydrogen (secondary N) is 2. The van der Waals surface area contributed by atoms with Gasteiger partial charge in [-0.05, 0) is 52.6 Å². The minimum atomic E-state index is -4.87. The van der Waals surface area contributed by atoms with Gasteiger partial charge in [0.1, 0.15) is 18.0 Å². The second-order valence-corrected chi connectivity index (χ2v) is 11.3. The molecule has 0 aliphatic rings. The van der Waals surface area contributed by atoms with Crippen molar-refractivity contribution in [3.8, 4) is 11.6 Å². The van der Waals surface area contributed by atoms with Crippen LogP contribution in [0.1, 0.15) is 37.9 Å². The highest BCUT2D eigenvalue weighted by Gasteiger charge is 2.37. The van der Waals surface area contributed by atoms with Gasteiger partial charge < -0.3 is 15.4 Å². The third-order valence-electron chi connectivity index (χ3n) is 7.02. The average Bonchev–Trinajstić information content (AvgIpc) is 3.73. The number of amides is 2. The zero-order chi connectivity index (χ0) is 36.5. The molecule has 0 fully saturated rings. The summed E-state index contributed by atoms with van der Waals surface area (Å²) in [5, 5.41) is 20.4. The Kier molecular flexibility index (Phi) is 9.54. The maximum Gasteiger partial charge on any atom is 0.573 e. The molecule has 0 aliphatic heterocycles. The van der Waals surface area contributed by atoms with Gasteiger partial charge in [0, 0.05) is 18.1 Å². The lowest BCUT2D eigenvalue weighted by Crippen LogP contribution is -2.26. The summed E-state index contributed by atoms with van der Waals surface area (Å²) in [5.74, 6) is -3.50. The van der Waals surface area contributed by atoms with E-state index in [1.54, 1.807) is 24.3 Å². The van der Waals surface area contributed by atoms with Crippen LogP contribution < -0.4 is 15.4 Å². The van der Waals surface area contributed by atoms with Gasteiger partial charge in [0.05, 0.1) is 27.0 Å². The van der Waals surface area contributed by atoms with Crippen molar-refractivity contribution in [3.63, 3.8) is 0 Å². The molecule has 0 unspecified atom stereocenters. The third-order valence-corrected chi connectivity index (χ3v) is 7.71. The van der Waals surface area contributed by atoms with E-state index in [-0.39, 0.29) is 45.0 Å². The first kappa shape index (κ1) is 35.1. The van der Waals surface area contributed by atoms with Crippen LogP contribution in [0.25, 0.3) is 16.6 Å². The van der Waals surface area contributed by atoms with Crippen LogP contribution in [-0.4, -0.2) is 53.1 Å². The summed E-state index contributed by atoms with van der Waals surface area (Å²) < 4.78 is 81.7. The maximum absolute atomic E-state index is 14.0. The van der Waals surface area contributed by atoms with Crippen molar-refractivity contribution in [2.45, 2.75) is 25.6 Å². The predicted molar refractivity (Wildman–Crippen MR) is 169 cm³/mol. The number of anilines is 1. The van der Waals surface area contributed by atoms with Crippen molar-refractivity contribution in [1.29, 1.82) is 0 Å². The molecule has 0 saturated heterocycles. The summed E-state index contributed by atoms with van der Waals surface area (Å²) in [6.07, 6.45) is -8.34. The van der Waals surface area contributed by atoms with E-state index in [0.717, 1.165) is 16.8 Å². The number of rotatable bonds is 9. The van der Waals surface area contributed by atoms with E-state index >= 15 is 0 Å². The molecular formula is C31H19Cl2F6N9O3. The molecule has 3 aromatic carbocycles. The van der Waals surface area contributed by atoms with Crippen LogP contribution in [0.4, 0.5) is 32.0 Å². The van der Waals surface area contributed by atoms with E-state index < -0.39 is 42.5 Å². The normalized spacial score (nSPS) is 11.8. The van der Waals surface area contributed by atoms with Gasteiger partial charge in [-0.15, -0.1) is 23.4 Å². The molecule has 262 valence electrons. The number of hydrogen-bond acceptors (Lipinski definition) is 8. The molecule has 6 aromatic rings. The molecule has 3 aromatic heterocycles. The largest absolute Gasteiger partial charge is 0.573 e. The van der Waals surface area contributed by atoms with E-state index in [1.165, 1.54) is 42.6 Å². The van der Waals surface area contributed by atoms with E-state index in [9.17, 15) is 35.9 Å². The van der Waals surface area contributed by atoms with Gasteiger partial charge in [0.15, 0.2) is 5.82 Å². The first-order valence-electron chi connectivity index (χ1n) is 14.4. The molecular weight excluding hydrogens is 731 g/mol. The highest BCUT2D eigenvalue weighted by atomic mass is 35.5. The fourth-order valence-corrected chi connectivity index (χ4v) is 5.32. The second kappa shape index (κ2) is 13.9. The smallest absolute Gasteiger partial charge is 0.406 e. The summed E-state index contributed by atoms with van der Waals surface area (Å²) in [5.41, 5.74) is 0.0580. The van der Waals surface area contributed by atoms with Crippen molar-refractivity contribution >= 4 is 51.5 Å². The number of fused-ring (bicyclic) bond motifs is 1. The number of alkyl halides is 6. The monoisotopic (exact) mass is 749 g/mol. The molecule has 3 heterocycles. The lowest BCUT2D eigenvalue weighted by Gasteiger charge is -2.16. The van der Waals surface area contributed by atoms with Crippen LogP contribution in [0.2, 0.25) is 10.0 Å². The van der Waals surface area contributed by atoms with E-state index in [0.29, 0.717) is 21.1 Å². The molecule has 6 rings (SSSR count). The van der Waals surface area contributed by atoms with Crippen LogP contribution in [0, 0.1) is 0 Å². The minimum absolute atomic E-state index is 0.00564. The van der Waals surface area contributed by atoms with Crippen LogP contribution in [0.3, 0.4) is 0 Å². The zero-order valence-electron chi connectivity index (χ0n) is 25.3. The molecule has 0 saturated carbocycles. The molecule has 0 bridgehead atoms. The van der Waals surface area contributed by atoms with Gasteiger partial charge >= 0.3 is 12.5 Å². The summed E-state index contributed by atoms with van der Waals surface area (Å²) >= 11 is 13.1. The molecule has 0 atom stereocenters. The van der Waals surface area contributed by atoms with Crippen molar-refractivity contribution in [3.05, 3.63) is 117 Å². The highest BCUT2D eigenvalue weighted by Crippen LogP contribution is 2.35. The molecule has 0 aliphatic carbocycles. The van der Waals surface area contributed by atoms with Crippen molar-refractivity contribution in [2.75, 3.05) is 5.32 Å². The number of aromatic nitrogens is 7. The molecule has 51 heavy (non-hydrogen) atoms. The first-order valence-corrected chi connectivity index (χ1v) is 15.1. The Morgan fingerprint density at radius 2 is 1.63 bits per heavy atom. The van der Waals surface area contributed by atoms with Gasteiger partial charge in [0.25, 0.3) is 17.6 Å². The summed E-state index contributed by atoms with van der Waals surface area (Å²) in [6, 6.07) is 17.3. The first-order chi connectivity index (χ1) is 24.2. The summed E-state index contributed by atoms with van der Waals surface area (Å²) in [4.78, 5) is 32.4. The molecule has 0 radical (unpaired) electrons. The number of hydrogen-bond donors (Lipinski definition) is 2. The predicted octanol–water partition coefficient (Wildman–Crippen LogP) is 6.86. The number of ether oxygens (including phenoxy) is 1. The Hall–Kier alpha value is -5.75. The Labute approximate surface area is 291 Å². The Balaban J connectivity index is 1.32. The number of tetrazole rings is 1. The van der Waals surface area contributed by atoms with Gasteiger partial charge in [-0.3, -0.25) is 9.59 Å². The van der Waals surface area contributed by atoms with Crippen molar-refractivity contribution in [1.82, 2.24) is 40.3 Å². The number of benzene rings is 3. The molecule has 2 N–H and O–H groups in total. The standard InChI is InChI=1S/C31H19Cl2F6N9O3/c32-22-6-3-11-40-26(22)48-23(13-18(44-48)15-47-45-29(43-46-47)30(34,35)36)28(50)42-25-21(12-17-4-1-2-5-20(17)24(25)33)27(49)41-14-16-7-9-19(10-8-16)51-31(37,38)39/h1-13H,14-15H2,(H,41,49)(H,42,50). The summed E-state index contributed by atoms with van der Waals surface area (Å²) in [6.45, 7) is -0.557. The van der Waals surface area contributed by atoms with Gasteiger partial charge in [-0.25, -0.2) is 9.67 Å². The lowest BCUT2D eigenvalue weighted by atomic mass is 10.0. The molecule has 12 nitrogen and oxygen atoms in total. The highest BCUT2D eigenvalue weighted by molar-refractivity contribution is 6.40. The number of pyridine rings is 1. The Morgan fingerprint density at radius 1 is 0.882 bits per heavy atom. The van der Waals surface area contributed by atoms with Crippen molar-refractivity contribution in [2.24, 2.45) is 0 Å². The number of carbonyl (C=O) groups excluding carboxylic acids is 2.